The summed E-state index contributed by atoms with van der Waals surface area (Å²) in [4.78, 5) is 15.0. The maximum atomic E-state index is 12.1. The van der Waals surface area contributed by atoms with E-state index in [2.05, 4.69) is 15.0 Å². The van der Waals surface area contributed by atoms with Gasteiger partial charge in [0.25, 0.3) is 10.0 Å². The Morgan fingerprint density at radius 3 is 2.35 bits per heavy atom. The molecule has 0 atom stereocenters. The van der Waals surface area contributed by atoms with Gasteiger partial charge in [0, 0.05) is 6.92 Å². The van der Waals surface area contributed by atoms with Gasteiger partial charge >= 0.3 is 0 Å². The molecule has 0 aliphatic rings. The number of hydrogen-bond acceptors (Lipinski definition) is 4. The lowest BCUT2D eigenvalue weighted by molar-refractivity contribution is -0.114. The number of amides is 1. The summed E-state index contributed by atoms with van der Waals surface area (Å²) in [5, 5.41) is 2.50. The van der Waals surface area contributed by atoms with Crippen LogP contribution in [0.5, 0.6) is 0 Å². The molecule has 0 unspecified atom stereocenters. The third-order valence-electron chi connectivity index (χ3n) is 2.37. The maximum Gasteiger partial charge on any atom is 0.261 e. The minimum Gasteiger partial charge on any atom is -0.311 e. The lowest BCUT2D eigenvalue weighted by Crippen LogP contribution is -2.13. The number of carbonyl (C=O) groups excluding carboxylic acids is 1. The summed E-state index contributed by atoms with van der Waals surface area (Å²) in [6.45, 7) is 1.37. The fraction of sp³-hybridized carbons (Fsp3) is 0.0769. The number of nitrogens with one attached hydrogen (secondary N) is 2. The van der Waals surface area contributed by atoms with Gasteiger partial charge in [0.2, 0.25) is 5.91 Å². The summed E-state index contributed by atoms with van der Waals surface area (Å²) in [5.74, 6) is 0.121. The number of carbonyl (C=O) groups is 1. The fourth-order valence-corrected chi connectivity index (χ4v) is 2.59. The van der Waals surface area contributed by atoms with Gasteiger partial charge in [-0.1, -0.05) is 18.2 Å². The van der Waals surface area contributed by atoms with Gasteiger partial charge in [0.15, 0.2) is 0 Å². The van der Waals surface area contributed by atoms with Gasteiger partial charge < -0.3 is 5.32 Å². The van der Waals surface area contributed by atoms with Crippen molar-refractivity contribution >= 4 is 27.4 Å². The Hall–Kier alpha value is -2.41. The first kappa shape index (κ1) is 14.0. The van der Waals surface area contributed by atoms with Gasteiger partial charge in [-0.05, 0) is 24.3 Å². The van der Waals surface area contributed by atoms with Crippen molar-refractivity contribution in [2.45, 2.75) is 11.8 Å². The summed E-state index contributed by atoms with van der Waals surface area (Å²) in [5.41, 5.74) is 0.322. The van der Waals surface area contributed by atoms with Crippen LogP contribution in [0, 0.1) is 0 Å². The SMILES string of the molecule is CC(=O)Nc1ccc(NS(=O)(=O)c2ccccc2)cn1. The van der Waals surface area contributed by atoms with Crippen LogP contribution < -0.4 is 10.0 Å². The zero-order chi connectivity index (χ0) is 14.6. The quantitative estimate of drug-likeness (QED) is 0.899. The first-order valence-electron chi connectivity index (χ1n) is 5.79. The maximum absolute atomic E-state index is 12.1. The molecule has 0 aliphatic carbocycles. The molecule has 0 spiro atoms. The standard InChI is InChI=1S/C13H13N3O3S/c1-10(17)15-13-8-7-11(9-14-13)16-20(18,19)12-5-3-2-4-6-12/h2-9,16H,1H3,(H,14,15,17). The van der Waals surface area contributed by atoms with E-state index in [1.807, 2.05) is 0 Å². The highest BCUT2D eigenvalue weighted by atomic mass is 32.2. The average Bonchev–Trinajstić information content (AvgIpc) is 2.41. The molecule has 2 aromatic rings. The smallest absolute Gasteiger partial charge is 0.261 e. The van der Waals surface area contributed by atoms with E-state index in [1.54, 1.807) is 18.2 Å². The summed E-state index contributed by atoms with van der Waals surface area (Å²) < 4.78 is 26.5. The van der Waals surface area contributed by atoms with Crippen LogP contribution in [0.3, 0.4) is 0 Å². The van der Waals surface area contributed by atoms with Crippen LogP contribution in [0.1, 0.15) is 6.92 Å². The number of rotatable bonds is 4. The number of sulfonamides is 1. The van der Waals surface area contributed by atoms with Crippen LogP contribution in [0.4, 0.5) is 11.5 Å². The van der Waals surface area contributed by atoms with Gasteiger partial charge in [-0.15, -0.1) is 0 Å². The molecule has 0 fully saturated rings. The van der Waals surface area contributed by atoms with Crippen LogP contribution in [0.25, 0.3) is 0 Å². The van der Waals surface area contributed by atoms with Crippen molar-refractivity contribution < 1.29 is 13.2 Å². The zero-order valence-electron chi connectivity index (χ0n) is 10.7. The predicted molar refractivity (Wildman–Crippen MR) is 75.8 cm³/mol. The molecule has 7 heteroatoms. The molecule has 1 heterocycles. The van der Waals surface area contributed by atoms with Crippen LogP contribution in [-0.4, -0.2) is 19.3 Å². The molecule has 0 bridgehead atoms. The third kappa shape index (κ3) is 3.55. The Morgan fingerprint density at radius 2 is 1.80 bits per heavy atom. The van der Waals surface area contributed by atoms with Crippen LogP contribution in [0.2, 0.25) is 0 Å². The average molecular weight is 291 g/mol. The lowest BCUT2D eigenvalue weighted by Gasteiger charge is -2.08. The molecule has 0 saturated carbocycles. The van der Waals surface area contributed by atoms with Crippen molar-refractivity contribution in [3.63, 3.8) is 0 Å². The molecule has 6 nitrogen and oxygen atoms in total. The molecule has 1 aromatic carbocycles. The summed E-state index contributed by atoms with van der Waals surface area (Å²) in [6, 6.07) is 11.1. The van der Waals surface area contributed by atoms with E-state index < -0.39 is 10.0 Å². The Kier molecular flexibility index (Phi) is 3.99. The van der Waals surface area contributed by atoms with Crippen molar-refractivity contribution in [3.05, 3.63) is 48.7 Å². The van der Waals surface area contributed by atoms with Crippen molar-refractivity contribution in [1.82, 2.24) is 4.98 Å². The molecule has 0 radical (unpaired) electrons. The Labute approximate surface area is 116 Å². The molecule has 1 amide bonds. The molecule has 1 aromatic heterocycles. The van der Waals surface area contributed by atoms with Gasteiger partial charge in [0.1, 0.15) is 5.82 Å². The van der Waals surface area contributed by atoms with Gasteiger partial charge in [-0.3, -0.25) is 9.52 Å². The number of hydrogen-bond donors (Lipinski definition) is 2. The van der Waals surface area contributed by atoms with Crippen molar-refractivity contribution in [1.29, 1.82) is 0 Å². The number of pyridine rings is 1. The minimum atomic E-state index is -3.63. The number of nitrogens with zero attached hydrogens (tertiary/aromatic N) is 1. The van der Waals surface area contributed by atoms with E-state index in [4.69, 9.17) is 0 Å². The number of anilines is 2. The van der Waals surface area contributed by atoms with E-state index >= 15 is 0 Å². The van der Waals surface area contributed by atoms with Crippen molar-refractivity contribution in [2.75, 3.05) is 10.0 Å². The van der Waals surface area contributed by atoms with Gasteiger partial charge in [0.05, 0.1) is 16.8 Å². The molecule has 0 saturated heterocycles. The van der Waals surface area contributed by atoms with Gasteiger partial charge in [-0.25, -0.2) is 13.4 Å². The molecule has 2 N–H and O–H groups in total. The second-order valence-corrected chi connectivity index (χ2v) is 5.71. The monoisotopic (exact) mass is 291 g/mol. The van der Waals surface area contributed by atoms with E-state index in [1.165, 1.54) is 37.4 Å². The number of benzene rings is 1. The van der Waals surface area contributed by atoms with Gasteiger partial charge in [-0.2, -0.15) is 0 Å². The van der Waals surface area contributed by atoms with Crippen molar-refractivity contribution in [3.8, 4) is 0 Å². The molecule has 20 heavy (non-hydrogen) atoms. The van der Waals surface area contributed by atoms with Crippen molar-refractivity contribution in [2.24, 2.45) is 0 Å². The Bertz CT molecular complexity index is 697. The molecule has 0 aliphatic heterocycles. The topological polar surface area (TPSA) is 88.2 Å². The number of aromatic nitrogens is 1. The minimum absolute atomic E-state index is 0.172. The summed E-state index contributed by atoms with van der Waals surface area (Å²) in [7, 11) is -3.63. The second kappa shape index (κ2) is 5.70. The molecule has 2 rings (SSSR count). The van der Waals surface area contributed by atoms with Crippen LogP contribution in [0.15, 0.2) is 53.6 Å². The first-order chi connectivity index (χ1) is 9.47. The fourth-order valence-electron chi connectivity index (χ4n) is 1.52. The van der Waals surface area contributed by atoms with Crippen LogP contribution >= 0.6 is 0 Å². The largest absolute Gasteiger partial charge is 0.311 e. The summed E-state index contributed by atoms with van der Waals surface area (Å²) in [6.07, 6.45) is 1.34. The normalized spacial score (nSPS) is 10.8. The predicted octanol–water partition coefficient (Wildman–Crippen LogP) is 1.84. The van der Waals surface area contributed by atoms with E-state index in [0.29, 0.717) is 11.5 Å². The second-order valence-electron chi connectivity index (χ2n) is 4.03. The Morgan fingerprint density at radius 1 is 1.10 bits per heavy atom. The van der Waals surface area contributed by atoms with E-state index in [9.17, 15) is 13.2 Å². The summed E-state index contributed by atoms with van der Waals surface area (Å²) >= 11 is 0. The third-order valence-corrected chi connectivity index (χ3v) is 3.77. The first-order valence-corrected chi connectivity index (χ1v) is 7.27. The van der Waals surface area contributed by atoms with Crippen LogP contribution in [-0.2, 0) is 14.8 Å². The highest BCUT2D eigenvalue weighted by molar-refractivity contribution is 7.92. The molecule has 104 valence electrons. The molecular formula is C13H13N3O3S. The zero-order valence-corrected chi connectivity index (χ0v) is 11.5. The lowest BCUT2D eigenvalue weighted by atomic mass is 10.4. The highest BCUT2D eigenvalue weighted by Gasteiger charge is 2.13. The van der Waals surface area contributed by atoms with E-state index in [-0.39, 0.29) is 10.8 Å². The Balaban J connectivity index is 2.16. The molecular weight excluding hydrogens is 278 g/mol. The highest BCUT2D eigenvalue weighted by Crippen LogP contribution is 2.16. The van der Waals surface area contributed by atoms with E-state index in [0.717, 1.165) is 0 Å².